The van der Waals surface area contributed by atoms with Crippen LogP contribution in [0.1, 0.15) is 24.1 Å². The summed E-state index contributed by atoms with van der Waals surface area (Å²) in [5, 5.41) is 6.47. The fraction of sp³-hybridized carbons (Fsp3) is 0.308. The van der Waals surface area contributed by atoms with E-state index in [9.17, 15) is 8.42 Å². The molecule has 0 spiro atoms. The number of nitrogens with one attached hydrogen (secondary N) is 2. The number of aromatic nitrogens is 2. The fourth-order valence-electron chi connectivity index (χ4n) is 1.87. The highest BCUT2D eigenvalue weighted by Crippen LogP contribution is 2.16. The van der Waals surface area contributed by atoms with Crippen LogP contribution in [0.3, 0.4) is 0 Å². The van der Waals surface area contributed by atoms with Crippen molar-refractivity contribution in [1.82, 2.24) is 14.9 Å². The number of nitrogens with two attached hydrogens (primary N) is 1. The van der Waals surface area contributed by atoms with E-state index < -0.39 is 10.0 Å². The molecule has 20 heavy (non-hydrogen) atoms. The second-order valence-electron chi connectivity index (χ2n) is 4.56. The van der Waals surface area contributed by atoms with Crippen LogP contribution in [0, 0.1) is 0 Å². The Labute approximate surface area is 118 Å². The molecule has 0 aliphatic heterocycles. The number of hydrogen-bond donors (Lipinski definition) is 3. The Bertz CT molecular complexity index is 636. The largest absolute Gasteiger partial charge is 0.330 e. The molecule has 0 bridgehead atoms. The van der Waals surface area contributed by atoms with Crippen LogP contribution < -0.4 is 10.5 Å². The summed E-state index contributed by atoms with van der Waals surface area (Å²) >= 11 is 0. The van der Waals surface area contributed by atoms with E-state index in [1.54, 1.807) is 43.6 Å². The second-order valence-corrected chi connectivity index (χ2v) is 6.27. The van der Waals surface area contributed by atoms with Crippen LogP contribution in [0.25, 0.3) is 0 Å². The molecule has 0 saturated carbocycles. The van der Waals surface area contributed by atoms with Crippen LogP contribution in [0.2, 0.25) is 0 Å². The van der Waals surface area contributed by atoms with Crippen molar-refractivity contribution in [3.05, 3.63) is 47.8 Å². The molecule has 0 aliphatic rings. The zero-order chi connectivity index (χ0) is 14.6. The quantitative estimate of drug-likeness (QED) is 0.738. The lowest BCUT2D eigenvalue weighted by atomic mass is 10.2. The third-order valence-electron chi connectivity index (χ3n) is 3.02. The maximum atomic E-state index is 12.2. The average Bonchev–Trinajstić information content (AvgIpc) is 2.93. The van der Waals surface area contributed by atoms with Gasteiger partial charge in [0, 0.05) is 17.8 Å². The van der Waals surface area contributed by atoms with E-state index in [4.69, 9.17) is 5.73 Å². The van der Waals surface area contributed by atoms with E-state index in [0.717, 1.165) is 17.5 Å². The van der Waals surface area contributed by atoms with Gasteiger partial charge in [-0.15, -0.1) is 0 Å². The normalized spacial score (nSPS) is 13.3. The summed E-state index contributed by atoms with van der Waals surface area (Å²) in [5.41, 5.74) is 7.27. The molecule has 0 saturated heterocycles. The van der Waals surface area contributed by atoms with Gasteiger partial charge in [0.2, 0.25) is 10.0 Å². The van der Waals surface area contributed by atoms with Gasteiger partial charge in [-0.05, 0) is 37.6 Å². The third kappa shape index (κ3) is 3.44. The molecule has 1 aromatic carbocycles. The molecule has 1 heterocycles. The van der Waals surface area contributed by atoms with Crippen molar-refractivity contribution in [3.8, 4) is 0 Å². The van der Waals surface area contributed by atoms with E-state index in [1.807, 2.05) is 0 Å². The summed E-state index contributed by atoms with van der Waals surface area (Å²) in [4.78, 5) is 0.244. The van der Waals surface area contributed by atoms with Gasteiger partial charge in [0.1, 0.15) is 0 Å². The first-order valence-corrected chi connectivity index (χ1v) is 7.81. The minimum absolute atomic E-state index is 0.244. The highest BCUT2D eigenvalue weighted by Gasteiger charge is 2.18. The molecule has 2 rings (SSSR count). The van der Waals surface area contributed by atoms with E-state index in [2.05, 4.69) is 14.9 Å². The number of hydrogen-bond acceptors (Lipinski definition) is 4. The van der Waals surface area contributed by atoms with Crippen LogP contribution in [-0.2, 0) is 16.4 Å². The highest BCUT2D eigenvalue weighted by atomic mass is 32.2. The molecule has 1 aromatic heterocycles. The number of H-pyrrole nitrogens is 1. The number of nitrogens with zero attached hydrogens (tertiary/aromatic N) is 1. The van der Waals surface area contributed by atoms with Gasteiger partial charge in [-0.1, -0.05) is 12.1 Å². The first-order chi connectivity index (χ1) is 9.53. The number of aromatic amines is 1. The van der Waals surface area contributed by atoms with Crippen molar-refractivity contribution < 1.29 is 8.42 Å². The van der Waals surface area contributed by atoms with E-state index >= 15 is 0 Å². The van der Waals surface area contributed by atoms with Gasteiger partial charge >= 0.3 is 0 Å². The van der Waals surface area contributed by atoms with Gasteiger partial charge in [0.05, 0.1) is 11.1 Å². The molecule has 1 atom stereocenters. The Morgan fingerprint density at radius 2 is 2.05 bits per heavy atom. The standard InChI is InChI=1S/C13H18N4O2S/c1-10(12-8-15-16-9-12)17-20(18,19)13-4-2-11(3-5-13)6-7-14/h2-5,8-10,17H,6-7,14H2,1H3,(H,15,16). The summed E-state index contributed by atoms with van der Waals surface area (Å²) in [6, 6.07) is 6.40. The molecule has 2 aromatic rings. The Kier molecular flexibility index (Phi) is 4.53. The van der Waals surface area contributed by atoms with Crippen LogP contribution in [0.15, 0.2) is 41.6 Å². The molecule has 1 unspecified atom stereocenters. The van der Waals surface area contributed by atoms with Crippen molar-refractivity contribution in [2.75, 3.05) is 6.54 Å². The van der Waals surface area contributed by atoms with Gasteiger partial charge in [0.15, 0.2) is 0 Å². The average molecular weight is 294 g/mol. The summed E-state index contributed by atoms with van der Waals surface area (Å²) in [5.74, 6) is 0. The lowest BCUT2D eigenvalue weighted by Crippen LogP contribution is -2.26. The Hall–Kier alpha value is -1.70. The maximum Gasteiger partial charge on any atom is 0.241 e. The number of rotatable bonds is 6. The summed E-state index contributed by atoms with van der Waals surface area (Å²) < 4.78 is 27.1. The van der Waals surface area contributed by atoms with Gasteiger partial charge in [-0.2, -0.15) is 5.10 Å². The predicted octanol–water partition coefficient (Wildman–Crippen LogP) is 0.950. The lowest BCUT2D eigenvalue weighted by Gasteiger charge is -2.13. The molecule has 0 amide bonds. The smallest absolute Gasteiger partial charge is 0.241 e. The minimum atomic E-state index is -3.54. The van der Waals surface area contributed by atoms with E-state index in [0.29, 0.717) is 6.54 Å². The second kappa shape index (κ2) is 6.17. The zero-order valence-electron chi connectivity index (χ0n) is 11.2. The molecule has 108 valence electrons. The predicted molar refractivity (Wildman–Crippen MR) is 76.5 cm³/mol. The van der Waals surface area contributed by atoms with Crippen molar-refractivity contribution in [2.24, 2.45) is 5.73 Å². The van der Waals surface area contributed by atoms with Gasteiger partial charge in [-0.25, -0.2) is 13.1 Å². The third-order valence-corrected chi connectivity index (χ3v) is 4.57. The van der Waals surface area contributed by atoms with Crippen LogP contribution in [0.5, 0.6) is 0 Å². The number of benzene rings is 1. The van der Waals surface area contributed by atoms with E-state index in [1.165, 1.54) is 0 Å². The molecule has 4 N–H and O–H groups in total. The molecule has 0 aliphatic carbocycles. The van der Waals surface area contributed by atoms with Gasteiger partial charge < -0.3 is 5.73 Å². The monoisotopic (exact) mass is 294 g/mol. The van der Waals surface area contributed by atoms with E-state index in [-0.39, 0.29) is 10.9 Å². The fourth-order valence-corrected chi connectivity index (χ4v) is 3.10. The molecule has 7 heteroatoms. The van der Waals surface area contributed by atoms with Crippen LogP contribution in [-0.4, -0.2) is 25.2 Å². The summed E-state index contributed by atoms with van der Waals surface area (Å²) in [6.45, 7) is 2.31. The Morgan fingerprint density at radius 3 is 2.60 bits per heavy atom. The minimum Gasteiger partial charge on any atom is -0.330 e. The molecule has 6 nitrogen and oxygen atoms in total. The summed E-state index contributed by atoms with van der Waals surface area (Å²) in [7, 11) is -3.54. The maximum absolute atomic E-state index is 12.2. The van der Waals surface area contributed by atoms with Gasteiger partial charge in [0.25, 0.3) is 0 Å². The molecular formula is C13H18N4O2S. The molecule has 0 fully saturated rings. The SMILES string of the molecule is CC(NS(=O)(=O)c1ccc(CCN)cc1)c1cn[nH]c1. The summed E-state index contributed by atoms with van der Waals surface area (Å²) in [6.07, 6.45) is 3.99. The Balaban J connectivity index is 2.13. The van der Waals surface area contributed by atoms with Crippen molar-refractivity contribution in [3.63, 3.8) is 0 Å². The molecular weight excluding hydrogens is 276 g/mol. The van der Waals surface area contributed by atoms with Crippen molar-refractivity contribution >= 4 is 10.0 Å². The van der Waals surface area contributed by atoms with Crippen LogP contribution >= 0.6 is 0 Å². The molecule has 0 radical (unpaired) electrons. The zero-order valence-corrected chi connectivity index (χ0v) is 12.0. The lowest BCUT2D eigenvalue weighted by molar-refractivity contribution is 0.567. The van der Waals surface area contributed by atoms with Crippen molar-refractivity contribution in [2.45, 2.75) is 24.3 Å². The first kappa shape index (κ1) is 14.7. The van der Waals surface area contributed by atoms with Crippen molar-refractivity contribution in [1.29, 1.82) is 0 Å². The van der Waals surface area contributed by atoms with Gasteiger partial charge in [-0.3, -0.25) is 5.10 Å². The Morgan fingerprint density at radius 1 is 1.35 bits per heavy atom. The highest BCUT2D eigenvalue weighted by molar-refractivity contribution is 7.89. The first-order valence-electron chi connectivity index (χ1n) is 6.33. The topological polar surface area (TPSA) is 101 Å². The number of sulfonamides is 1. The van der Waals surface area contributed by atoms with Crippen LogP contribution in [0.4, 0.5) is 0 Å².